The third kappa shape index (κ3) is 4.68. The van der Waals surface area contributed by atoms with Crippen LogP contribution in [0.5, 0.6) is 5.75 Å². The van der Waals surface area contributed by atoms with E-state index in [1.54, 1.807) is 42.2 Å². The Bertz CT molecular complexity index is 962. The largest absolute Gasteiger partial charge is 0.477 e. The lowest BCUT2D eigenvalue weighted by atomic mass is 10.1. The fourth-order valence-corrected chi connectivity index (χ4v) is 3.27. The second kappa shape index (κ2) is 9.25. The Hall–Kier alpha value is -3.62. The van der Waals surface area contributed by atoms with Crippen molar-refractivity contribution in [3.05, 3.63) is 58.1 Å². The highest BCUT2D eigenvalue weighted by Gasteiger charge is 2.31. The summed E-state index contributed by atoms with van der Waals surface area (Å²) in [7, 11) is 0. The molecule has 30 heavy (non-hydrogen) atoms. The fraction of sp³-hybridized carbons (Fsp3) is 0.333. The van der Waals surface area contributed by atoms with Gasteiger partial charge in [0.1, 0.15) is 11.4 Å². The molecular weight excluding hydrogens is 388 g/mol. The van der Waals surface area contributed by atoms with Crippen LogP contribution in [0.15, 0.2) is 42.5 Å². The Morgan fingerprint density at radius 2 is 2.00 bits per heavy atom. The molecule has 2 N–H and O–H groups in total. The van der Waals surface area contributed by atoms with E-state index in [1.165, 1.54) is 6.07 Å². The van der Waals surface area contributed by atoms with E-state index < -0.39 is 16.9 Å². The van der Waals surface area contributed by atoms with Crippen LogP contribution >= 0.6 is 0 Å². The average Bonchev–Trinajstić information content (AvgIpc) is 2.73. The van der Waals surface area contributed by atoms with E-state index in [0.29, 0.717) is 23.5 Å². The number of nitro benzene ring substituents is 1. The van der Waals surface area contributed by atoms with Gasteiger partial charge in [-0.3, -0.25) is 19.7 Å². The number of anilines is 2. The van der Waals surface area contributed by atoms with Crippen molar-refractivity contribution in [2.24, 2.45) is 0 Å². The normalized spacial score (nSPS) is 15.0. The zero-order valence-corrected chi connectivity index (χ0v) is 16.9. The molecule has 1 atom stereocenters. The predicted molar refractivity (Wildman–Crippen MR) is 113 cm³/mol. The first-order chi connectivity index (χ1) is 14.4. The summed E-state index contributed by atoms with van der Waals surface area (Å²) in [6.45, 7) is 4.30. The highest BCUT2D eigenvalue weighted by atomic mass is 16.6. The van der Waals surface area contributed by atoms with Crippen LogP contribution in [0.1, 0.15) is 18.9 Å². The minimum absolute atomic E-state index is 0.0799. The molecule has 1 aliphatic heterocycles. The van der Waals surface area contributed by atoms with Gasteiger partial charge in [-0.25, -0.2) is 0 Å². The lowest BCUT2D eigenvalue weighted by Crippen LogP contribution is -2.50. The van der Waals surface area contributed by atoms with Gasteiger partial charge in [0, 0.05) is 12.6 Å². The fourth-order valence-electron chi connectivity index (χ4n) is 3.27. The Morgan fingerprint density at radius 3 is 2.73 bits per heavy atom. The number of carbonyl (C=O) groups excluding carboxylic acids is 2. The van der Waals surface area contributed by atoms with Crippen LogP contribution in [-0.2, 0) is 9.59 Å². The topological polar surface area (TPSA) is 114 Å². The first-order valence-corrected chi connectivity index (χ1v) is 9.73. The third-order valence-corrected chi connectivity index (χ3v) is 4.75. The third-order valence-electron chi connectivity index (χ3n) is 4.75. The summed E-state index contributed by atoms with van der Waals surface area (Å²) >= 11 is 0. The number of benzene rings is 2. The smallest absolute Gasteiger partial charge is 0.293 e. The highest BCUT2D eigenvalue weighted by molar-refractivity contribution is 5.97. The molecule has 0 bridgehead atoms. The van der Waals surface area contributed by atoms with Crippen molar-refractivity contribution in [1.29, 1.82) is 0 Å². The molecular formula is C21H24N4O5. The van der Waals surface area contributed by atoms with Gasteiger partial charge in [-0.15, -0.1) is 0 Å². The molecule has 0 unspecified atom stereocenters. The molecule has 0 fully saturated rings. The van der Waals surface area contributed by atoms with Crippen molar-refractivity contribution in [3.63, 3.8) is 0 Å². The Labute approximate surface area is 174 Å². The molecule has 2 aromatic rings. The Balaban J connectivity index is 1.79. The summed E-state index contributed by atoms with van der Waals surface area (Å²) in [5, 5.41) is 16.8. The molecule has 2 aromatic carbocycles. The van der Waals surface area contributed by atoms with E-state index in [-0.39, 0.29) is 30.4 Å². The average molecular weight is 412 g/mol. The molecule has 3 rings (SSSR count). The summed E-state index contributed by atoms with van der Waals surface area (Å²) in [6.07, 6.45) is 0.0446. The maximum atomic E-state index is 12.7. The summed E-state index contributed by atoms with van der Waals surface area (Å²) in [5.41, 5.74) is 1.29. The van der Waals surface area contributed by atoms with Gasteiger partial charge in [-0.1, -0.05) is 31.2 Å². The van der Waals surface area contributed by atoms with E-state index in [2.05, 4.69) is 10.6 Å². The molecule has 0 saturated carbocycles. The minimum Gasteiger partial charge on any atom is -0.477 e. The summed E-state index contributed by atoms with van der Waals surface area (Å²) < 4.78 is 5.82. The number of rotatable bonds is 7. The van der Waals surface area contributed by atoms with E-state index in [4.69, 9.17) is 4.74 Å². The molecule has 0 aliphatic carbocycles. The van der Waals surface area contributed by atoms with E-state index in [1.807, 2.05) is 13.0 Å². The number of carbonyl (C=O) groups is 2. The quantitative estimate of drug-likeness (QED) is 0.534. The maximum Gasteiger partial charge on any atom is 0.293 e. The van der Waals surface area contributed by atoms with Crippen LogP contribution in [-0.4, -0.2) is 42.5 Å². The lowest BCUT2D eigenvalue weighted by Gasteiger charge is -2.35. The van der Waals surface area contributed by atoms with Gasteiger partial charge < -0.3 is 20.3 Å². The number of ether oxygens (including phenoxy) is 1. The van der Waals surface area contributed by atoms with E-state index in [9.17, 15) is 19.7 Å². The first-order valence-electron chi connectivity index (χ1n) is 9.73. The number of aryl methyl sites for hydroxylation is 1. The van der Waals surface area contributed by atoms with Crippen molar-refractivity contribution in [3.8, 4) is 5.75 Å². The van der Waals surface area contributed by atoms with Gasteiger partial charge in [0.15, 0.2) is 6.10 Å². The number of nitrogens with one attached hydrogen (secondary N) is 2. The second-order valence-corrected chi connectivity index (χ2v) is 7.02. The molecule has 158 valence electrons. The molecule has 1 heterocycles. The lowest BCUT2D eigenvalue weighted by molar-refractivity contribution is -0.384. The van der Waals surface area contributed by atoms with Crippen molar-refractivity contribution in [2.75, 3.05) is 29.9 Å². The van der Waals surface area contributed by atoms with Crippen molar-refractivity contribution < 1.29 is 19.2 Å². The van der Waals surface area contributed by atoms with Crippen LogP contribution in [0.3, 0.4) is 0 Å². The van der Waals surface area contributed by atoms with Crippen LogP contribution in [0.25, 0.3) is 0 Å². The number of para-hydroxylation sites is 3. The van der Waals surface area contributed by atoms with Gasteiger partial charge in [-0.2, -0.15) is 0 Å². The van der Waals surface area contributed by atoms with Gasteiger partial charge in [-0.05, 0) is 31.0 Å². The standard InChI is InChI=1S/C21H24N4O5/c1-3-11-22-21(27)18-12-24(15-8-4-5-10-17(15)30-18)13-19(26)23-20-14(2)7-6-9-16(20)25(28)29/h4-10,18H,3,11-13H2,1-2H3,(H,22,27)(H,23,26)/t18-/m1/s1. The number of hydrogen-bond acceptors (Lipinski definition) is 6. The van der Waals surface area contributed by atoms with Crippen LogP contribution in [0.4, 0.5) is 17.1 Å². The zero-order valence-electron chi connectivity index (χ0n) is 16.9. The summed E-state index contributed by atoms with van der Waals surface area (Å²) in [6, 6.07) is 11.8. The minimum atomic E-state index is -0.757. The first kappa shape index (κ1) is 21.1. The molecule has 0 spiro atoms. The molecule has 1 aliphatic rings. The Kier molecular flexibility index (Phi) is 6.51. The van der Waals surface area contributed by atoms with Gasteiger partial charge >= 0.3 is 0 Å². The van der Waals surface area contributed by atoms with E-state index >= 15 is 0 Å². The highest BCUT2D eigenvalue weighted by Crippen LogP contribution is 2.33. The number of amides is 2. The van der Waals surface area contributed by atoms with Crippen molar-refractivity contribution in [2.45, 2.75) is 26.4 Å². The van der Waals surface area contributed by atoms with Crippen LogP contribution < -0.4 is 20.3 Å². The van der Waals surface area contributed by atoms with E-state index in [0.717, 1.165) is 6.42 Å². The monoisotopic (exact) mass is 412 g/mol. The molecule has 9 heteroatoms. The van der Waals surface area contributed by atoms with Gasteiger partial charge in [0.2, 0.25) is 5.91 Å². The number of nitro groups is 1. The SMILES string of the molecule is CCCNC(=O)[C@H]1CN(CC(=O)Nc2c(C)cccc2[N+](=O)[O-])c2ccccc2O1. The van der Waals surface area contributed by atoms with Gasteiger partial charge in [0.25, 0.3) is 11.6 Å². The second-order valence-electron chi connectivity index (χ2n) is 7.02. The predicted octanol–water partition coefficient (Wildman–Crippen LogP) is 2.64. The zero-order chi connectivity index (χ0) is 21.7. The molecule has 0 radical (unpaired) electrons. The van der Waals surface area contributed by atoms with Crippen LogP contribution in [0, 0.1) is 17.0 Å². The van der Waals surface area contributed by atoms with Crippen LogP contribution in [0.2, 0.25) is 0 Å². The molecule has 2 amide bonds. The van der Waals surface area contributed by atoms with Gasteiger partial charge in [0.05, 0.1) is 23.7 Å². The number of hydrogen-bond donors (Lipinski definition) is 2. The summed E-state index contributed by atoms with van der Waals surface area (Å²) in [4.78, 5) is 37.7. The molecule has 9 nitrogen and oxygen atoms in total. The number of fused-ring (bicyclic) bond motifs is 1. The Morgan fingerprint density at radius 1 is 1.23 bits per heavy atom. The number of nitrogens with zero attached hydrogens (tertiary/aromatic N) is 2. The van der Waals surface area contributed by atoms with Crippen molar-refractivity contribution >= 4 is 28.9 Å². The maximum absolute atomic E-state index is 12.7. The summed E-state index contributed by atoms with van der Waals surface area (Å²) in [5.74, 6) is -0.154. The molecule has 0 aromatic heterocycles. The molecule has 0 saturated heterocycles. The van der Waals surface area contributed by atoms with Crippen molar-refractivity contribution in [1.82, 2.24) is 5.32 Å².